The number of carboxylic acids is 1. The largest absolute Gasteiger partial charge is 0.478 e. The summed E-state index contributed by atoms with van der Waals surface area (Å²) in [5, 5.41) is 24.3. The van der Waals surface area contributed by atoms with Crippen molar-refractivity contribution in [3.63, 3.8) is 0 Å². The lowest BCUT2D eigenvalue weighted by atomic mass is 10.1. The molecule has 2 aromatic heterocycles. The molecule has 1 aromatic carbocycles. The molecular weight excluding hydrogens is 424 g/mol. The minimum atomic E-state index is -1.02. The highest BCUT2D eigenvalue weighted by molar-refractivity contribution is 5.96. The Kier molecular flexibility index (Phi) is 7.49. The lowest BCUT2D eigenvalue weighted by molar-refractivity contribution is 0.0526. The number of carboxylic acid groups (broad SMARTS) is 1. The summed E-state index contributed by atoms with van der Waals surface area (Å²) >= 11 is 0. The second-order valence-corrected chi connectivity index (χ2v) is 6.85. The van der Waals surface area contributed by atoms with Crippen molar-refractivity contribution < 1.29 is 19.4 Å². The Morgan fingerprint density at radius 2 is 1.79 bits per heavy atom. The van der Waals surface area contributed by atoms with Crippen molar-refractivity contribution in [1.29, 1.82) is 5.26 Å². The number of nitrogens with one attached hydrogen (secondary N) is 2. The first-order valence-corrected chi connectivity index (χ1v) is 10.2. The van der Waals surface area contributed by atoms with Crippen LogP contribution < -0.4 is 10.6 Å². The van der Waals surface area contributed by atoms with Gasteiger partial charge in [0.1, 0.15) is 11.4 Å². The van der Waals surface area contributed by atoms with Crippen LogP contribution in [0.1, 0.15) is 38.9 Å². The minimum absolute atomic E-state index is 0.157. The zero-order chi connectivity index (χ0) is 23.8. The van der Waals surface area contributed by atoms with E-state index in [2.05, 4.69) is 31.7 Å². The van der Waals surface area contributed by atoms with Crippen LogP contribution in [0, 0.1) is 18.3 Å². The van der Waals surface area contributed by atoms with E-state index < -0.39 is 11.9 Å². The van der Waals surface area contributed by atoms with Crippen LogP contribution in [0.15, 0.2) is 42.6 Å². The SMILES string of the molecule is CCOC(=O)c1cnc(NCCNc2ccc(C(=O)O)c(C)n2)nc1-c1ccc(C#N)cc1. The topological polar surface area (TPSA) is 150 Å². The summed E-state index contributed by atoms with van der Waals surface area (Å²) in [6.07, 6.45) is 1.41. The van der Waals surface area contributed by atoms with Gasteiger partial charge in [-0.05, 0) is 38.1 Å². The van der Waals surface area contributed by atoms with Crippen LogP contribution in [-0.4, -0.2) is 51.7 Å². The number of pyridine rings is 1. The number of benzene rings is 1. The molecule has 0 fully saturated rings. The Balaban J connectivity index is 1.71. The molecule has 168 valence electrons. The summed E-state index contributed by atoms with van der Waals surface area (Å²) in [6, 6.07) is 11.9. The van der Waals surface area contributed by atoms with Crippen molar-refractivity contribution in [3.05, 3.63) is 65.0 Å². The number of ether oxygens (including phenoxy) is 1. The first-order valence-electron chi connectivity index (χ1n) is 10.2. The molecule has 0 unspecified atom stereocenters. The number of esters is 1. The normalized spacial score (nSPS) is 10.2. The van der Waals surface area contributed by atoms with E-state index in [4.69, 9.17) is 15.1 Å². The van der Waals surface area contributed by atoms with Gasteiger partial charge in [-0.15, -0.1) is 0 Å². The monoisotopic (exact) mass is 446 g/mol. The first kappa shape index (κ1) is 23.1. The first-order chi connectivity index (χ1) is 15.9. The predicted octanol–water partition coefficient (Wildman–Crippen LogP) is 3.12. The molecule has 0 aliphatic carbocycles. The second-order valence-electron chi connectivity index (χ2n) is 6.85. The third-order valence-electron chi connectivity index (χ3n) is 4.60. The van der Waals surface area contributed by atoms with E-state index in [0.717, 1.165) is 0 Å². The van der Waals surface area contributed by atoms with Crippen molar-refractivity contribution in [2.24, 2.45) is 0 Å². The number of aryl methyl sites for hydroxylation is 1. The molecule has 0 radical (unpaired) electrons. The van der Waals surface area contributed by atoms with E-state index in [-0.39, 0.29) is 17.7 Å². The maximum Gasteiger partial charge on any atom is 0.341 e. The molecule has 0 saturated carbocycles. The van der Waals surface area contributed by atoms with Gasteiger partial charge in [0.2, 0.25) is 5.95 Å². The van der Waals surface area contributed by atoms with E-state index in [1.807, 2.05) is 0 Å². The van der Waals surface area contributed by atoms with Gasteiger partial charge in [-0.1, -0.05) is 12.1 Å². The summed E-state index contributed by atoms with van der Waals surface area (Å²) in [5.74, 6) is -0.684. The van der Waals surface area contributed by atoms with E-state index in [9.17, 15) is 9.59 Å². The smallest absolute Gasteiger partial charge is 0.341 e. The standard InChI is InChI=1S/C23H22N6O4/c1-3-33-22(32)18-13-27-23(29-20(18)16-6-4-15(12-24)5-7-16)26-11-10-25-19-9-8-17(21(30)31)14(2)28-19/h4-9,13H,3,10-11H2,1-2H3,(H,25,28)(H,30,31)(H,26,27,29). The van der Waals surface area contributed by atoms with Crippen molar-refractivity contribution in [3.8, 4) is 17.3 Å². The van der Waals surface area contributed by atoms with Gasteiger partial charge >= 0.3 is 11.9 Å². The number of hydrogen-bond acceptors (Lipinski definition) is 9. The molecule has 33 heavy (non-hydrogen) atoms. The zero-order valence-corrected chi connectivity index (χ0v) is 18.1. The average molecular weight is 446 g/mol. The van der Waals surface area contributed by atoms with E-state index in [1.54, 1.807) is 44.2 Å². The lowest BCUT2D eigenvalue weighted by Gasteiger charge is -2.12. The van der Waals surface area contributed by atoms with Crippen LogP contribution in [-0.2, 0) is 4.74 Å². The van der Waals surface area contributed by atoms with Crippen LogP contribution in [0.25, 0.3) is 11.3 Å². The van der Waals surface area contributed by atoms with Crippen molar-refractivity contribution in [1.82, 2.24) is 15.0 Å². The molecular formula is C23H22N6O4. The molecule has 0 aliphatic rings. The van der Waals surface area contributed by atoms with E-state index >= 15 is 0 Å². The number of nitrogens with zero attached hydrogens (tertiary/aromatic N) is 4. The molecule has 2 heterocycles. The summed E-state index contributed by atoms with van der Waals surface area (Å²) in [5.41, 5.74) is 2.34. The van der Waals surface area contributed by atoms with Crippen molar-refractivity contribution in [2.45, 2.75) is 13.8 Å². The van der Waals surface area contributed by atoms with Crippen molar-refractivity contribution >= 4 is 23.7 Å². The van der Waals surface area contributed by atoms with Crippen LogP contribution in [0.4, 0.5) is 11.8 Å². The molecule has 0 bridgehead atoms. The van der Waals surface area contributed by atoms with E-state index in [1.165, 1.54) is 12.3 Å². The number of rotatable bonds is 9. The number of aromatic carboxylic acids is 1. The molecule has 10 heteroatoms. The van der Waals surface area contributed by atoms with Gasteiger partial charge in [0.15, 0.2) is 0 Å². The molecule has 0 spiro atoms. The van der Waals surface area contributed by atoms with E-state index in [0.29, 0.717) is 47.4 Å². The maximum atomic E-state index is 12.4. The third-order valence-corrected chi connectivity index (χ3v) is 4.60. The quantitative estimate of drug-likeness (QED) is 0.330. The minimum Gasteiger partial charge on any atom is -0.478 e. The summed E-state index contributed by atoms with van der Waals surface area (Å²) in [6.45, 7) is 4.48. The van der Waals surface area contributed by atoms with Gasteiger partial charge in [-0.3, -0.25) is 0 Å². The van der Waals surface area contributed by atoms with Gasteiger partial charge in [0.05, 0.1) is 35.2 Å². The van der Waals surface area contributed by atoms with Crippen LogP contribution >= 0.6 is 0 Å². The highest BCUT2D eigenvalue weighted by Crippen LogP contribution is 2.23. The second kappa shape index (κ2) is 10.7. The van der Waals surface area contributed by atoms with Crippen LogP contribution in [0.2, 0.25) is 0 Å². The Bertz CT molecular complexity index is 1200. The highest BCUT2D eigenvalue weighted by Gasteiger charge is 2.17. The van der Waals surface area contributed by atoms with Gasteiger partial charge < -0.3 is 20.5 Å². The Labute approximate surface area is 190 Å². The molecule has 3 rings (SSSR count). The van der Waals surface area contributed by atoms with Gasteiger partial charge in [-0.25, -0.2) is 24.5 Å². The van der Waals surface area contributed by atoms with Gasteiger partial charge in [-0.2, -0.15) is 5.26 Å². The van der Waals surface area contributed by atoms with Crippen LogP contribution in [0.3, 0.4) is 0 Å². The summed E-state index contributed by atoms with van der Waals surface area (Å²) in [7, 11) is 0. The Morgan fingerprint density at radius 3 is 2.42 bits per heavy atom. The number of hydrogen-bond donors (Lipinski definition) is 3. The average Bonchev–Trinajstić information content (AvgIpc) is 2.81. The number of aromatic nitrogens is 3. The third kappa shape index (κ3) is 5.80. The molecule has 0 aliphatic heterocycles. The van der Waals surface area contributed by atoms with Gasteiger partial charge in [0.25, 0.3) is 0 Å². The molecule has 3 aromatic rings. The van der Waals surface area contributed by atoms with Gasteiger partial charge in [0, 0.05) is 24.8 Å². The molecule has 3 N–H and O–H groups in total. The predicted molar refractivity (Wildman–Crippen MR) is 121 cm³/mol. The maximum absolute atomic E-state index is 12.4. The van der Waals surface area contributed by atoms with Crippen molar-refractivity contribution in [2.75, 3.05) is 30.3 Å². The Hall–Kier alpha value is -4.52. The fourth-order valence-corrected chi connectivity index (χ4v) is 3.00. The lowest BCUT2D eigenvalue weighted by Crippen LogP contribution is -2.17. The molecule has 0 saturated heterocycles. The fourth-order valence-electron chi connectivity index (χ4n) is 3.00. The zero-order valence-electron chi connectivity index (χ0n) is 18.1. The highest BCUT2D eigenvalue weighted by atomic mass is 16.5. The number of nitriles is 1. The summed E-state index contributed by atoms with van der Waals surface area (Å²) < 4.78 is 5.11. The number of carbonyl (C=O) groups excluding carboxylic acids is 1. The molecule has 0 atom stereocenters. The molecule has 10 nitrogen and oxygen atoms in total. The van der Waals surface area contributed by atoms with Crippen LogP contribution in [0.5, 0.6) is 0 Å². The number of carbonyl (C=O) groups is 2. The summed E-state index contributed by atoms with van der Waals surface area (Å²) in [4.78, 5) is 36.4. The fraction of sp³-hybridized carbons (Fsp3) is 0.217. The number of anilines is 2. The Morgan fingerprint density at radius 1 is 1.06 bits per heavy atom. The molecule has 0 amide bonds.